The molecule has 2 aromatic carbocycles. The van der Waals surface area contributed by atoms with Gasteiger partial charge < -0.3 is 0 Å². The molecule has 6 heteroatoms. The molecule has 0 aliphatic carbocycles. The van der Waals surface area contributed by atoms with Crippen LogP contribution in [0.3, 0.4) is 0 Å². The number of hydrazone groups is 1. The van der Waals surface area contributed by atoms with E-state index in [4.69, 9.17) is 0 Å². The highest BCUT2D eigenvalue weighted by molar-refractivity contribution is 6.02. The molecule has 0 unspecified atom stereocenters. The van der Waals surface area contributed by atoms with E-state index in [0.717, 1.165) is 17.7 Å². The van der Waals surface area contributed by atoms with Gasteiger partial charge in [-0.2, -0.15) is 5.10 Å². The van der Waals surface area contributed by atoms with Crippen molar-refractivity contribution in [3.8, 4) is 0 Å². The minimum absolute atomic E-state index is 0.00941. The van der Waals surface area contributed by atoms with Crippen molar-refractivity contribution in [3.05, 3.63) is 75.3 Å². The second-order valence-electron chi connectivity index (χ2n) is 6.22. The number of rotatable bonds is 6. The number of carbonyl (C=O) groups excluding carboxylic acids is 1. The van der Waals surface area contributed by atoms with Crippen LogP contribution in [-0.2, 0) is 0 Å². The SMILES string of the molecule is Cc1cc(C(=O)NN=C(CC(C)C)c2ccccc2)ccc1[N+](=O)[O-]. The number of nitro groups is 1. The Kier molecular flexibility index (Phi) is 6.00. The molecule has 0 spiro atoms. The molecule has 1 N–H and O–H groups in total. The monoisotopic (exact) mass is 339 g/mol. The van der Waals surface area contributed by atoms with Gasteiger partial charge in [-0.1, -0.05) is 44.2 Å². The van der Waals surface area contributed by atoms with Crippen LogP contribution < -0.4 is 5.43 Å². The summed E-state index contributed by atoms with van der Waals surface area (Å²) in [6, 6.07) is 13.9. The molecular weight excluding hydrogens is 318 g/mol. The van der Waals surface area contributed by atoms with Crippen molar-refractivity contribution >= 4 is 17.3 Å². The first-order chi connectivity index (χ1) is 11.9. The molecule has 0 aliphatic heterocycles. The topological polar surface area (TPSA) is 84.6 Å². The summed E-state index contributed by atoms with van der Waals surface area (Å²) in [5.41, 5.74) is 5.07. The highest BCUT2D eigenvalue weighted by Gasteiger charge is 2.14. The van der Waals surface area contributed by atoms with Crippen molar-refractivity contribution in [3.63, 3.8) is 0 Å². The Hall–Kier alpha value is -3.02. The summed E-state index contributed by atoms with van der Waals surface area (Å²) in [5, 5.41) is 15.1. The van der Waals surface area contributed by atoms with E-state index < -0.39 is 10.8 Å². The summed E-state index contributed by atoms with van der Waals surface area (Å²) in [4.78, 5) is 22.7. The molecule has 0 radical (unpaired) electrons. The molecule has 0 saturated carbocycles. The van der Waals surface area contributed by atoms with Gasteiger partial charge in [-0.3, -0.25) is 14.9 Å². The quantitative estimate of drug-likeness (QED) is 0.489. The molecule has 6 nitrogen and oxygen atoms in total. The summed E-state index contributed by atoms with van der Waals surface area (Å²) in [6.07, 6.45) is 0.726. The zero-order valence-corrected chi connectivity index (χ0v) is 14.5. The number of hydrogen-bond acceptors (Lipinski definition) is 4. The van der Waals surface area contributed by atoms with E-state index in [2.05, 4.69) is 24.4 Å². The van der Waals surface area contributed by atoms with E-state index in [1.54, 1.807) is 6.92 Å². The van der Waals surface area contributed by atoms with Crippen molar-refractivity contribution in [2.75, 3.05) is 0 Å². The maximum atomic E-state index is 12.3. The number of carbonyl (C=O) groups is 1. The molecule has 0 atom stereocenters. The maximum Gasteiger partial charge on any atom is 0.272 e. The van der Waals surface area contributed by atoms with E-state index in [0.29, 0.717) is 17.0 Å². The lowest BCUT2D eigenvalue weighted by Crippen LogP contribution is -2.21. The number of nitrogens with zero attached hydrogens (tertiary/aromatic N) is 2. The van der Waals surface area contributed by atoms with Crippen LogP contribution in [0.15, 0.2) is 53.6 Å². The van der Waals surface area contributed by atoms with Gasteiger partial charge in [0.05, 0.1) is 10.6 Å². The van der Waals surface area contributed by atoms with Crippen LogP contribution in [0, 0.1) is 23.0 Å². The summed E-state index contributed by atoms with van der Waals surface area (Å²) in [7, 11) is 0. The van der Waals surface area contributed by atoms with Gasteiger partial charge in [0.25, 0.3) is 11.6 Å². The Morgan fingerprint density at radius 2 is 1.84 bits per heavy atom. The van der Waals surface area contributed by atoms with E-state index in [1.807, 2.05) is 30.3 Å². The van der Waals surface area contributed by atoms with Crippen LogP contribution in [0.25, 0.3) is 0 Å². The first kappa shape index (κ1) is 18.3. The van der Waals surface area contributed by atoms with Crippen molar-refractivity contribution in [2.24, 2.45) is 11.0 Å². The molecule has 1 amide bonds. The van der Waals surface area contributed by atoms with Gasteiger partial charge in [-0.05, 0) is 37.0 Å². The summed E-state index contributed by atoms with van der Waals surface area (Å²) in [5.74, 6) is -0.00679. The van der Waals surface area contributed by atoms with Crippen LogP contribution in [-0.4, -0.2) is 16.5 Å². The van der Waals surface area contributed by atoms with E-state index in [9.17, 15) is 14.9 Å². The predicted octanol–water partition coefficient (Wildman–Crippen LogP) is 4.08. The number of nitrogens with one attached hydrogen (secondary N) is 1. The molecule has 0 saturated heterocycles. The molecule has 2 aromatic rings. The minimum Gasteiger partial charge on any atom is -0.267 e. The van der Waals surface area contributed by atoms with Crippen LogP contribution in [0.5, 0.6) is 0 Å². The van der Waals surface area contributed by atoms with Crippen LogP contribution in [0.4, 0.5) is 5.69 Å². The van der Waals surface area contributed by atoms with Crippen molar-refractivity contribution < 1.29 is 9.72 Å². The van der Waals surface area contributed by atoms with Gasteiger partial charge in [-0.15, -0.1) is 0 Å². The summed E-state index contributed by atoms with van der Waals surface area (Å²) >= 11 is 0. The fourth-order valence-electron chi connectivity index (χ4n) is 2.43. The lowest BCUT2D eigenvalue weighted by Gasteiger charge is -2.10. The molecular formula is C19H21N3O3. The Morgan fingerprint density at radius 1 is 1.16 bits per heavy atom. The Balaban J connectivity index is 2.21. The first-order valence-electron chi connectivity index (χ1n) is 8.06. The third-order valence-electron chi connectivity index (χ3n) is 3.66. The molecule has 0 heterocycles. The number of benzene rings is 2. The van der Waals surface area contributed by atoms with Gasteiger partial charge in [0, 0.05) is 17.2 Å². The highest BCUT2D eigenvalue weighted by Crippen LogP contribution is 2.18. The molecule has 0 aliphatic rings. The standard InChI is InChI=1S/C19H21N3O3/c1-13(2)11-17(15-7-5-4-6-8-15)20-21-19(23)16-9-10-18(22(24)25)14(3)12-16/h4-10,12-13H,11H2,1-3H3,(H,21,23). The van der Waals surface area contributed by atoms with E-state index in [1.165, 1.54) is 18.2 Å². The second kappa shape index (κ2) is 8.19. The van der Waals surface area contributed by atoms with Crippen molar-refractivity contribution in [2.45, 2.75) is 27.2 Å². The van der Waals surface area contributed by atoms with E-state index in [-0.39, 0.29) is 5.69 Å². The number of hydrogen-bond donors (Lipinski definition) is 1. The van der Waals surface area contributed by atoms with Crippen molar-refractivity contribution in [1.29, 1.82) is 0 Å². The Bertz CT molecular complexity index is 799. The second-order valence-corrected chi connectivity index (χ2v) is 6.22. The van der Waals surface area contributed by atoms with Gasteiger partial charge in [0.2, 0.25) is 0 Å². The minimum atomic E-state index is -0.467. The fourth-order valence-corrected chi connectivity index (χ4v) is 2.43. The molecule has 0 fully saturated rings. The smallest absolute Gasteiger partial charge is 0.267 e. The summed E-state index contributed by atoms with van der Waals surface area (Å²) < 4.78 is 0. The van der Waals surface area contributed by atoms with E-state index >= 15 is 0 Å². The largest absolute Gasteiger partial charge is 0.272 e. The van der Waals surface area contributed by atoms with Crippen LogP contribution in [0.2, 0.25) is 0 Å². The first-order valence-corrected chi connectivity index (χ1v) is 8.06. The normalized spacial score (nSPS) is 11.4. The third-order valence-corrected chi connectivity index (χ3v) is 3.66. The average molecular weight is 339 g/mol. The predicted molar refractivity (Wildman–Crippen MR) is 97.7 cm³/mol. The Labute approximate surface area is 146 Å². The fraction of sp³-hybridized carbons (Fsp3) is 0.263. The molecule has 0 bridgehead atoms. The lowest BCUT2D eigenvalue weighted by atomic mass is 10.0. The van der Waals surface area contributed by atoms with Gasteiger partial charge in [-0.25, -0.2) is 5.43 Å². The maximum absolute atomic E-state index is 12.3. The lowest BCUT2D eigenvalue weighted by molar-refractivity contribution is -0.385. The van der Waals surface area contributed by atoms with Crippen LogP contribution >= 0.6 is 0 Å². The number of aryl methyl sites for hydroxylation is 1. The van der Waals surface area contributed by atoms with Gasteiger partial charge in [0.15, 0.2) is 0 Å². The van der Waals surface area contributed by atoms with Gasteiger partial charge >= 0.3 is 0 Å². The molecule has 25 heavy (non-hydrogen) atoms. The average Bonchev–Trinajstić information content (AvgIpc) is 2.58. The highest BCUT2D eigenvalue weighted by atomic mass is 16.6. The van der Waals surface area contributed by atoms with Gasteiger partial charge in [0.1, 0.15) is 0 Å². The molecule has 2 rings (SSSR count). The zero-order valence-electron chi connectivity index (χ0n) is 14.5. The molecule has 0 aromatic heterocycles. The molecule has 130 valence electrons. The number of amides is 1. The number of nitro benzene ring substituents is 1. The third kappa shape index (κ3) is 4.97. The van der Waals surface area contributed by atoms with Crippen LogP contribution in [0.1, 0.15) is 41.8 Å². The van der Waals surface area contributed by atoms with Crippen molar-refractivity contribution in [1.82, 2.24) is 5.43 Å². The Morgan fingerprint density at radius 3 is 2.40 bits per heavy atom. The zero-order chi connectivity index (χ0) is 18.4. The summed E-state index contributed by atoms with van der Waals surface area (Å²) in [6.45, 7) is 5.77.